The number of carbonyl (C=O) groups excluding carboxylic acids is 1. The van der Waals surface area contributed by atoms with Gasteiger partial charge in [-0.05, 0) is 12.1 Å². The summed E-state index contributed by atoms with van der Waals surface area (Å²) in [6, 6.07) is 5.10. The van der Waals surface area contributed by atoms with Gasteiger partial charge in [0.1, 0.15) is 11.8 Å². The molecule has 2 saturated heterocycles. The maximum atomic E-state index is 12.4. The van der Waals surface area contributed by atoms with E-state index >= 15 is 0 Å². The summed E-state index contributed by atoms with van der Waals surface area (Å²) in [4.78, 5) is 18.0. The Labute approximate surface area is 116 Å². The number of carbonyl (C=O) groups is 1. The lowest BCUT2D eigenvalue weighted by molar-refractivity contribution is -0.181. The number of nitrogens with zero attached hydrogens (tertiary/aromatic N) is 3. The summed E-state index contributed by atoms with van der Waals surface area (Å²) in [5.41, 5.74) is 0.757. The fraction of sp³-hybridized carbons (Fsp3) is 0.500. The molecule has 20 heavy (non-hydrogen) atoms. The van der Waals surface area contributed by atoms with Crippen LogP contribution in [0.25, 0.3) is 0 Å². The van der Waals surface area contributed by atoms with Gasteiger partial charge in [0, 0.05) is 37.7 Å². The van der Waals surface area contributed by atoms with E-state index in [0.29, 0.717) is 44.7 Å². The molecule has 1 aromatic rings. The standard InChI is InChI=1S/C14H15N3O3/c15-10-12-9-11(1-4-16-12)13(18)17-5-2-14(3-6-17)19-7-8-20-14/h1,4,9H,2-3,5-8H2. The Morgan fingerprint density at radius 2 is 2.05 bits per heavy atom. The molecule has 3 rings (SSSR count). The first kappa shape index (κ1) is 13.0. The second kappa shape index (κ2) is 5.19. The van der Waals surface area contributed by atoms with Crippen molar-refractivity contribution in [3.8, 4) is 6.07 Å². The molecule has 0 aromatic carbocycles. The molecule has 0 bridgehead atoms. The predicted octanol–water partition coefficient (Wildman–Crippen LogP) is 0.932. The third kappa shape index (κ3) is 2.38. The summed E-state index contributed by atoms with van der Waals surface area (Å²) in [6.45, 7) is 2.46. The zero-order chi connectivity index (χ0) is 14.0. The first-order chi connectivity index (χ1) is 9.72. The van der Waals surface area contributed by atoms with Gasteiger partial charge in [0.05, 0.1) is 13.2 Å². The number of likely N-dealkylation sites (tertiary alicyclic amines) is 1. The van der Waals surface area contributed by atoms with E-state index in [0.717, 1.165) is 0 Å². The molecule has 0 atom stereocenters. The first-order valence-corrected chi connectivity index (χ1v) is 6.66. The third-order valence-electron chi connectivity index (χ3n) is 3.75. The minimum absolute atomic E-state index is 0.0725. The number of amides is 1. The quantitative estimate of drug-likeness (QED) is 0.761. The van der Waals surface area contributed by atoms with E-state index in [1.165, 1.54) is 12.3 Å². The number of piperidine rings is 1. The molecular formula is C14H15N3O3. The average molecular weight is 273 g/mol. The van der Waals surface area contributed by atoms with Crippen molar-refractivity contribution in [3.63, 3.8) is 0 Å². The third-order valence-corrected chi connectivity index (χ3v) is 3.75. The lowest BCUT2D eigenvalue weighted by atomic mass is 10.0. The maximum Gasteiger partial charge on any atom is 0.254 e. The zero-order valence-electron chi connectivity index (χ0n) is 11.0. The van der Waals surface area contributed by atoms with Crippen LogP contribution in [0, 0.1) is 11.3 Å². The number of nitriles is 1. The topological polar surface area (TPSA) is 75.5 Å². The monoisotopic (exact) mass is 273 g/mol. The van der Waals surface area contributed by atoms with Crippen LogP contribution in [0.5, 0.6) is 0 Å². The lowest BCUT2D eigenvalue weighted by Gasteiger charge is -2.37. The molecular weight excluding hydrogens is 258 g/mol. The molecule has 0 saturated carbocycles. The Kier molecular flexibility index (Phi) is 3.38. The number of hydrogen-bond acceptors (Lipinski definition) is 5. The molecule has 2 aliphatic heterocycles. The van der Waals surface area contributed by atoms with Gasteiger partial charge >= 0.3 is 0 Å². The first-order valence-electron chi connectivity index (χ1n) is 6.66. The van der Waals surface area contributed by atoms with Gasteiger partial charge in [0.15, 0.2) is 5.79 Å². The van der Waals surface area contributed by atoms with Crippen LogP contribution in [0.3, 0.4) is 0 Å². The summed E-state index contributed by atoms with van der Waals surface area (Å²) in [6.07, 6.45) is 2.87. The summed E-state index contributed by atoms with van der Waals surface area (Å²) >= 11 is 0. The molecule has 0 radical (unpaired) electrons. The molecule has 1 amide bonds. The van der Waals surface area contributed by atoms with E-state index < -0.39 is 5.79 Å². The van der Waals surface area contributed by atoms with Crippen molar-refractivity contribution in [2.45, 2.75) is 18.6 Å². The van der Waals surface area contributed by atoms with Gasteiger partial charge < -0.3 is 14.4 Å². The van der Waals surface area contributed by atoms with Crippen LogP contribution >= 0.6 is 0 Å². The molecule has 1 spiro atoms. The Morgan fingerprint density at radius 3 is 2.70 bits per heavy atom. The van der Waals surface area contributed by atoms with Crippen molar-refractivity contribution >= 4 is 5.91 Å². The summed E-state index contributed by atoms with van der Waals surface area (Å²) in [5, 5.41) is 8.82. The van der Waals surface area contributed by atoms with E-state index in [1.807, 2.05) is 6.07 Å². The Morgan fingerprint density at radius 1 is 1.35 bits per heavy atom. The van der Waals surface area contributed by atoms with Crippen molar-refractivity contribution in [1.82, 2.24) is 9.88 Å². The van der Waals surface area contributed by atoms with Crippen molar-refractivity contribution in [3.05, 3.63) is 29.6 Å². The van der Waals surface area contributed by atoms with Crippen LogP contribution in [0.4, 0.5) is 0 Å². The van der Waals surface area contributed by atoms with Gasteiger partial charge in [-0.15, -0.1) is 0 Å². The van der Waals surface area contributed by atoms with E-state index in [1.54, 1.807) is 11.0 Å². The second-order valence-electron chi connectivity index (χ2n) is 4.94. The molecule has 104 valence electrons. The van der Waals surface area contributed by atoms with Crippen molar-refractivity contribution in [2.75, 3.05) is 26.3 Å². The maximum absolute atomic E-state index is 12.4. The highest BCUT2D eigenvalue weighted by Crippen LogP contribution is 2.31. The van der Waals surface area contributed by atoms with Gasteiger partial charge in [0.2, 0.25) is 0 Å². The fourth-order valence-electron chi connectivity index (χ4n) is 2.64. The molecule has 0 aliphatic carbocycles. The number of pyridine rings is 1. The summed E-state index contributed by atoms with van der Waals surface area (Å²) in [5.74, 6) is -0.552. The van der Waals surface area contributed by atoms with Crippen LogP contribution in [0.2, 0.25) is 0 Å². The molecule has 2 fully saturated rings. The summed E-state index contributed by atoms with van der Waals surface area (Å²) < 4.78 is 11.3. The van der Waals surface area contributed by atoms with E-state index in [4.69, 9.17) is 14.7 Å². The molecule has 3 heterocycles. The van der Waals surface area contributed by atoms with Crippen LogP contribution < -0.4 is 0 Å². The van der Waals surface area contributed by atoms with Crippen LogP contribution in [0.15, 0.2) is 18.3 Å². The van der Waals surface area contributed by atoms with E-state index in [-0.39, 0.29) is 11.6 Å². The molecule has 0 N–H and O–H groups in total. The van der Waals surface area contributed by atoms with E-state index in [2.05, 4.69) is 4.98 Å². The largest absolute Gasteiger partial charge is 0.347 e. The molecule has 2 aliphatic rings. The molecule has 1 aromatic heterocycles. The number of hydrogen-bond donors (Lipinski definition) is 0. The molecule has 6 heteroatoms. The van der Waals surface area contributed by atoms with Gasteiger partial charge in [-0.2, -0.15) is 5.26 Å². The van der Waals surface area contributed by atoms with Crippen LogP contribution in [-0.2, 0) is 9.47 Å². The van der Waals surface area contributed by atoms with Gasteiger partial charge in [-0.1, -0.05) is 0 Å². The normalized spacial score (nSPS) is 20.9. The van der Waals surface area contributed by atoms with Gasteiger partial charge in [-0.25, -0.2) is 4.98 Å². The average Bonchev–Trinajstić information content (AvgIpc) is 2.96. The van der Waals surface area contributed by atoms with E-state index in [9.17, 15) is 4.79 Å². The van der Waals surface area contributed by atoms with Crippen molar-refractivity contribution < 1.29 is 14.3 Å². The van der Waals surface area contributed by atoms with Gasteiger partial charge in [0.25, 0.3) is 5.91 Å². The smallest absolute Gasteiger partial charge is 0.254 e. The zero-order valence-corrected chi connectivity index (χ0v) is 11.0. The highest BCUT2D eigenvalue weighted by atomic mass is 16.7. The predicted molar refractivity (Wildman–Crippen MR) is 68.7 cm³/mol. The minimum Gasteiger partial charge on any atom is -0.347 e. The Bertz CT molecular complexity index is 551. The number of rotatable bonds is 1. The molecule has 0 unspecified atom stereocenters. The van der Waals surface area contributed by atoms with Gasteiger partial charge in [-0.3, -0.25) is 4.79 Å². The lowest BCUT2D eigenvalue weighted by Crippen LogP contribution is -2.47. The van der Waals surface area contributed by atoms with Crippen LogP contribution in [-0.4, -0.2) is 47.9 Å². The van der Waals surface area contributed by atoms with Crippen molar-refractivity contribution in [2.24, 2.45) is 0 Å². The van der Waals surface area contributed by atoms with Crippen molar-refractivity contribution in [1.29, 1.82) is 5.26 Å². The Balaban J connectivity index is 1.68. The highest BCUT2D eigenvalue weighted by Gasteiger charge is 2.40. The fourth-order valence-corrected chi connectivity index (χ4v) is 2.64. The summed E-state index contributed by atoms with van der Waals surface area (Å²) in [7, 11) is 0. The number of aromatic nitrogens is 1. The highest BCUT2D eigenvalue weighted by molar-refractivity contribution is 5.94. The van der Waals surface area contributed by atoms with Crippen LogP contribution in [0.1, 0.15) is 28.9 Å². The minimum atomic E-state index is -0.479. The molecule has 6 nitrogen and oxygen atoms in total. The number of ether oxygens (including phenoxy) is 2. The SMILES string of the molecule is N#Cc1cc(C(=O)N2CCC3(CC2)OCCO3)ccn1. The Hall–Kier alpha value is -1.97. The second-order valence-corrected chi connectivity index (χ2v) is 4.94.